The molecule has 0 saturated carbocycles. The van der Waals surface area contributed by atoms with Crippen molar-refractivity contribution in [1.29, 1.82) is 0 Å². The average molecular weight is 509 g/mol. The summed E-state index contributed by atoms with van der Waals surface area (Å²) in [4.78, 5) is 27.4. The van der Waals surface area contributed by atoms with Crippen molar-refractivity contribution in [2.45, 2.75) is 19.3 Å². The zero-order valence-corrected chi connectivity index (χ0v) is 21.9. The predicted octanol–water partition coefficient (Wildman–Crippen LogP) is 8.21. The number of para-hydroxylation sites is 2. The molecular formula is C35H28N2O2. The van der Waals surface area contributed by atoms with Crippen molar-refractivity contribution in [2.75, 3.05) is 10.2 Å². The molecule has 190 valence electrons. The van der Waals surface area contributed by atoms with Crippen LogP contribution in [0.2, 0.25) is 0 Å². The molecule has 1 aliphatic carbocycles. The second kappa shape index (κ2) is 9.73. The topological polar surface area (TPSA) is 49.4 Å². The first kappa shape index (κ1) is 24.4. The van der Waals surface area contributed by atoms with Crippen molar-refractivity contribution < 1.29 is 9.59 Å². The lowest BCUT2D eigenvalue weighted by molar-refractivity contribution is -0.105. The first-order chi connectivity index (χ1) is 19.0. The Morgan fingerprint density at radius 1 is 0.667 bits per heavy atom. The largest absolute Gasteiger partial charge is 0.328 e. The van der Waals surface area contributed by atoms with Gasteiger partial charge in [0.2, 0.25) is 6.41 Å². The molecule has 0 spiro atoms. The van der Waals surface area contributed by atoms with Gasteiger partial charge in [0.1, 0.15) is 0 Å². The van der Waals surface area contributed by atoms with Crippen LogP contribution in [0, 0.1) is 0 Å². The van der Waals surface area contributed by atoms with Crippen molar-refractivity contribution >= 4 is 29.4 Å². The molecular weight excluding hydrogens is 480 g/mol. The van der Waals surface area contributed by atoms with E-state index in [9.17, 15) is 9.59 Å². The molecule has 4 heteroatoms. The van der Waals surface area contributed by atoms with Gasteiger partial charge in [-0.15, -0.1) is 0 Å². The minimum atomic E-state index is -0.229. The third-order valence-electron chi connectivity index (χ3n) is 7.61. The van der Waals surface area contributed by atoms with Gasteiger partial charge in [0.25, 0.3) is 5.91 Å². The van der Waals surface area contributed by atoms with Crippen LogP contribution in [0.3, 0.4) is 0 Å². The maximum Gasteiger partial charge on any atom is 0.264 e. The Morgan fingerprint density at radius 2 is 1.23 bits per heavy atom. The van der Waals surface area contributed by atoms with Crippen molar-refractivity contribution in [2.24, 2.45) is 0 Å². The molecule has 1 aliphatic rings. The molecule has 0 aliphatic heterocycles. The van der Waals surface area contributed by atoms with Gasteiger partial charge in [-0.25, -0.2) is 0 Å². The van der Waals surface area contributed by atoms with Crippen LogP contribution in [0.25, 0.3) is 22.3 Å². The lowest BCUT2D eigenvalue weighted by atomic mass is 9.81. The number of benzene rings is 5. The van der Waals surface area contributed by atoms with Gasteiger partial charge in [-0.05, 0) is 75.8 Å². The summed E-state index contributed by atoms with van der Waals surface area (Å²) >= 11 is 0. The Bertz CT molecular complexity index is 1650. The molecule has 0 atom stereocenters. The van der Waals surface area contributed by atoms with Crippen molar-refractivity contribution in [1.82, 2.24) is 0 Å². The SMILES string of the molecule is CC1(C)c2ccccc2-c2ccc(-c3ccc(NC=O)c(C(=O)N(c4ccccc4)c4ccccc4)c3)cc21. The summed E-state index contributed by atoms with van der Waals surface area (Å²) in [7, 11) is 0. The standard InChI is InChI=1S/C35H28N2O2/c1-35(2)31-16-10-9-15-28(31)29-19-17-25(22-32(29)35)24-18-20-33(36-23-38)30(21-24)34(39)37(26-11-5-3-6-12-26)27-13-7-4-8-14-27/h3-23H,1-2H3,(H,36,38). The average Bonchev–Trinajstić information content (AvgIpc) is 3.21. The van der Waals surface area contributed by atoms with Crippen molar-refractivity contribution in [3.05, 3.63) is 138 Å². The van der Waals surface area contributed by atoms with Crippen LogP contribution < -0.4 is 10.2 Å². The van der Waals surface area contributed by atoms with Crippen LogP contribution >= 0.6 is 0 Å². The molecule has 0 bridgehead atoms. The van der Waals surface area contributed by atoms with Gasteiger partial charge in [-0.1, -0.05) is 92.7 Å². The molecule has 0 saturated heterocycles. The number of nitrogens with one attached hydrogen (secondary N) is 1. The number of hydrogen-bond donors (Lipinski definition) is 1. The summed E-state index contributed by atoms with van der Waals surface area (Å²) < 4.78 is 0. The van der Waals surface area contributed by atoms with Crippen LogP contribution in [-0.2, 0) is 10.2 Å². The summed E-state index contributed by atoms with van der Waals surface area (Å²) in [6.45, 7) is 4.51. The molecule has 1 N–H and O–H groups in total. The summed E-state index contributed by atoms with van der Waals surface area (Å²) in [6, 6.07) is 39.8. The van der Waals surface area contributed by atoms with E-state index in [1.54, 1.807) is 11.0 Å². The number of carbonyl (C=O) groups is 2. The van der Waals surface area contributed by atoms with Gasteiger partial charge < -0.3 is 5.32 Å². The molecule has 0 unspecified atom stereocenters. The Morgan fingerprint density at radius 3 is 1.90 bits per heavy atom. The third-order valence-corrected chi connectivity index (χ3v) is 7.61. The number of hydrogen-bond acceptors (Lipinski definition) is 2. The monoisotopic (exact) mass is 508 g/mol. The van der Waals surface area contributed by atoms with Crippen molar-refractivity contribution in [3.63, 3.8) is 0 Å². The first-order valence-electron chi connectivity index (χ1n) is 13.0. The van der Waals surface area contributed by atoms with E-state index in [2.05, 4.69) is 61.6 Å². The second-order valence-corrected chi connectivity index (χ2v) is 10.3. The smallest absolute Gasteiger partial charge is 0.264 e. The van der Waals surface area contributed by atoms with E-state index in [1.807, 2.05) is 72.8 Å². The molecule has 5 aromatic carbocycles. The van der Waals surface area contributed by atoms with Crippen LogP contribution in [0.4, 0.5) is 17.1 Å². The van der Waals surface area contributed by atoms with Crippen LogP contribution in [0.1, 0.15) is 35.3 Å². The maximum atomic E-state index is 14.2. The fraction of sp³-hybridized carbons (Fsp3) is 0.0857. The molecule has 2 amide bonds. The van der Waals surface area contributed by atoms with E-state index in [0.29, 0.717) is 17.7 Å². The summed E-state index contributed by atoms with van der Waals surface area (Å²) in [6.07, 6.45) is 0.607. The number of nitrogens with zero attached hydrogens (tertiary/aromatic N) is 1. The van der Waals surface area contributed by atoms with Crippen molar-refractivity contribution in [3.8, 4) is 22.3 Å². The summed E-state index contributed by atoms with van der Waals surface area (Å²) in [5.74, 6) is -0.229. The highest BCUT2D eigenvalue weighted by atomic mass is 16.2. The Balaban J connectivity index is 1.47. The number of anilines is 3. The van der Waals surface area contributed by atoms with Gasteiger partial charge in [-0.3, -0.25) is 14.5 Å². The lowest BCUT2D eigenvalue weighted by Crippen LogP contribution is -2.26. The zero-order valence-electron chi connectivity index (χ0n) is 21.9. The van der Waals surface area contributed by atoms with Crippen LogP contribution in [0.15, 0.2) is 121 Å². The minimum absolute atomic E-state index is 0.128. The highest BCUT2D eigenvalue weighted by Gasteiger charge is 2.35. The lowest BCUT2D eigenvalue weighted by Gasteiger charge is -2.25. The van der Waals surface area contributed by atoms with Gasteiger partial charge >= 0.3 is 0 Å². The molecule has 0 radical (unpaired) electrons. The zero-order chi connectivity index (χ0) is 27.0. The number of fused-ring (bicyclic) bond motifs is 3. The Labute approximate surface area is 228 Å². The van der Waals surface area contributed by atoms with E-state index in [0.717, 1.165) is 22.5 Å². The maximum absolute atomic E-state index is 14.2. The molecule has 0 fully saturated rings. The molecule has 0 heterocycles. The molecule has 0 aromatic heterocycles. The van der Waals surface area contributed by atoms with E-state index in [4.69, 9.17) is 0 Å². The molecule has 4 nitrogen and oxygen atoms in total. The number of carbonyl (C=O) groups excluding carboxylic acids is 2. The molecule has 6 rings (SSSR count). The Kier molecular flexibility index (Phi) is 6.08. The quantitative estimate of drug-likeness (QED) is 0.235. The fourth-order valence-corrected chi connectivity index (χ4v) is 5.63. The van der Waals surface area contributed by atoms with Gasteiger partial charge in [0.15, 0.2) is 0 Å². The third kappa shape index (κ3) is 4.20. The van der Waals surface area contributed by atoms with Gasteiger partial charge in [0.05, 0.1) is 11.3 Å². The molecule has 5 aromatic rings. The number of rotatable bonds is 6. The predicted molar refractivity (Wildman–Crippen MR) is 158 cm³/mol. The number of amides is 2. The Hall–Kier alpha value is -4.96. The van der Waals surface area contributed by atoms with E-state index in [-0.39, 0.29) is 11.3 Å². The van der Waals surface area contributed by atoms with E-state index >= 15 is 0 Å². The minimum Gasteiger partial charge on any atom is -0.328 e. The van der Waals surface area contributed by atoms with Gasteiger partial charge in [-0.2, -0.15) is 0 Å². The van der Waals surface area contributed by atoms with Crippen LogP contribution in [-0.4, -0.2) is 12.3 Å². The van der Waals surface area contributed by atoms with E-state index < -0.39 is 0 Å². The summed E-state index contributed by atoms with van der Waals surface area (Å²) in [5, 5.41) is 2.73. The fourth-order valence-electron chi connectivity index (χ4n) is 5.63. The van der Waals surface area contributed by atoms with Crippen LogP contribution in [0.5, 0.6) is 0 Å². The molecule has 39 heavy (non-hydrogen) atoms. The highest BCUT2D eigenvalue weighted by molar-refractivity contribution is 6.15. The highest BCUT2D eigenvalue weighted by Crippen LogP contribution is 2.49. The van der Waals surface area contributed by atoms with Gasteiger partial charge in [0, 0.05) is 16.8 Å². The van der Waals surface area contributed by atoms with E-state index in [1.165, 1.54) is 22.3 Å². The first-order valence-corrected chi connectivity index (χ1v) is 13.0. The second-order valence-electron chi connectivity index (χ2n) is 10.3. The normalized spacial score (nSPS) is 12.8. The summed E-state index contributed by atoms with van der Waals surface area (Å²) in [5.41, 5.74) is 9.26.